The topological polar surface area (TPSA) is 84.5 Å². The molecule has 1 heterocycles. The van der Waals surface area contributed by atoms with E-state index in [2.05, 4.69) is 24.5 Å². The zero-order chi connectivity index (χ0) is 21.1. The third kappa shape index (κ3) is 3.09. The second-order valence-electron chi connectivity index (χ2n) is 11.1. The number of carbonyl (C=O) groups excluding carboxylic acids is 3. The van der Waals surface area contributed by atoms with Gasteiger partial charge in [0.25, 0.3) is 0 Å². The van der Waals surface area contributed by atoms with Gasteiger partial charge in [0.2, 0.25) is 0 Å². The van der Waals surface area contributed by atoms with E-state index in [0.29, 0.717) is 55.1 Å². The van der Waals surface area contributed by atoms with Gasteiger partial charge in [-0.25, -0.2) is 0 Å². The molecule has 6 heteroatoms. The van der Waals surface area contributed by atoms with Gasteiger partial charge in [-0.1, -0.05) is 13.8 Å². The second kappa shape index (κ2) is 7.40. The summed E-state index contributed by atoms with van der Waals surface area (Å²) < 4.78 is 5.87. The molecule has 5 rings (SSSR count). The summed E-state index contributed by atoms with van der Waals surface area (Å²) in [6.45, 7) is 6.73. The van der Waals surface area contributed by atoms with Gasteiger partial charge in [0.05, 0.1) is 0 Å². The van der Waals surface area contributed by atoms with Crippen LogP contribution in [0.3, 0.4) is 0 Å². The number of hydrogen-bond acceptors (Lipinski definition) is 6. The predicted molar refractivity (Wildman–Crippen MR) is 112 cm³/mol. The van der Waals surface area contributed by atoms with E-state index >= 15 is 0 Å². The predicted octanol–water partition coefficient (Wildman–Crippen LogP) is 2.25. The molecule has 5 fully saturated rings. The minimum absolute atomic E-state index is 0.01000. The fourth-order valence-electron chi connectivity index (χ4n) is 7.95. The van der Waals surface area contributed by atoms with Crippen molar-refractivity contribution in [2.45, 2.75) is 77.4 Å². The Hall–Kier alpha value is -1.27. The lowest BCUT2D eigenvalue weighted by Gasteiger charge is -2.59. The van der Waals surface area contributed by atoms with E-state index in [4.69, 9.17) is 4.74 Å². The first kappa shape index (κ1) is 20.6. The standard InChI is InChI=1S/C24H36N2O4/c1-23-7-5-14(30-22(29)19-13-25-9-10-26-19)11-18(23)20(27)12-15-16-3-4-21(28)24(16,2)8-6-17(15)23/h14-19,25-26H,3-13H2,1-2H3/t14-,15-,16-,17-,18?,19?,23+,24-/m0/s1. The van der Waals surface area contributed by atoms with Gasteiger partial charge in [0.15, 0.2) is 0 Å². The van der Waals surface area contributed by atoms with Crippen LogP contribution in [0.1, 0.15) is 65.2 Å². The molecular weight excluding hydrogens is 380 g/mol. The number of ether oxygens (including phenoxy) is 1. The van der Waals surface area contributed by atoms with E-state index in [-0.39, 0.29) is 34.9 Å². The smallest absolute Gasteiger partial charge is 0.324 e. The van der Waals surface area contributed by atoms with Gasteiger partial charge in [-0.05, 0) is 61.7 Å². The first-order valence-electron chi connectivity index (χ1n) is 12.0. The van der Waals surface area contributed by atoms with Crippen LogP contribution in [-0.2, 0) is 19.1 Å². The zero-order valence-corrected chi connectivity index (χ0v) is 18.4. The van der Waals surface area contributed by atoms with Crippen LogP contribution in [0, 0.1) is 34.5 Å². The molecule has 0 aromatic carbocycles. The van der Waals surface area contributed by atoms with Crippen LogP contribution < -0.4 is 10.6 Å². The molecule has 0 radical (unpaired) electrons. The van der Waals surface area contributed by atoms with Crippen LogP contribution >= 0.6 is 0 Å². The molecule has 5 aliphatic rings. The van der Waals surface area contributed by atoms with Crippen LogP contribution in [0.25, 0.3) is 0 Å². The number of rotatable bonds is 2. The molecule has 30 heavy (non-hydrogen) atoms. The van der Waals surface area contributed by atoms with Crippen molar-refractivity contribution in [3.63, 3.8) is 0 Å². The first-order valence-corrected chi connectivity index (χ1v) is 12.0. The molecule has 1 saturated heterocycles. The Kier molecular flexibility index (Phi) is 5.09. The van der Waals surface area contributed by atoms with Crippen LogP contribution in [0.4, 0.5) is 0 Å². The molecule has 2 N–H and O–H groups in total. The molecule has 1 aliphatic heterocycles. The minimum atomic E-state index is -0.283. The molecule has 4 saturated carbocycles. The number of carbonyl (C=O) groups is 3. The van der Waals surface area contributed by atoms with Crippen molar-refractivity contribution in [1.29, 1.82) is 0 Å². The average Bonchev–Trinajstić information content (AvgIpc) is 3.04. The van der Waals surface area contributed by atoms with Crippen molar-refractivity contribution < 1.29 is 19.1 Å². The van der Waals surface area contributed by atoms with E-state index in [0.717, 1.165) is 45.2 Å². The number of nitrogens with one attached hydrogen (secondary N) is 2. The van der Waals surface area contributed by atoms with Gasteiger partial charge in [-0.15, -0.1) is 0 Å². The van der Waals surface area contributed by atoms with Crippen molar-refractivity contribution in [2.75, 3.05) is 19.6 Å². The number of hydrogen-bond donors (Lipinski definition) is 2. The highest BCUT2D eigenvalue weighted by molar-refractivity contribution is 5.88. The number of piperazine rings is 1. The highest BCUT2D eigenvalue weighted by Gasteiger charge is 2.62. The van der Waals surface area contributed by atoms with Gasteiger partial charge in [-0.2, -0.15) is 0 Å². The van der Waals surface area contributed by atoms with Crippen LogP contribution in [0.15, 0.2) is 0 Å². The highest BCUT2D eigenvalue weighted by Crippen LogP contribution is 2.64. The van der Waals surface area contributed by atoms with E-state index < -0.39 is 0 Å². The third-order valence-electron chi connectivity index (χ3n) is 9.73. The first-order chi connectivity index (χ1) is 14.3. The maximum atomic E-state index is 13.3. The van der Waals surface area contributed by atoms with Gasteiger partial charge in [0.1, 0.15) is 23.7 Å². The summed E-state index contributed by atoms with van der Waals surface area (Å²) >= 11 is 0. The summed E-state index contributed by atoms with van der Waals surface area (Å²) in [4.78, 5) is 38.5. The number of fused-ring (bicyclic) bond motifs is 5. The Morgan fingerprint density at radius 1 is 1.07 bits per heavy atom. The molecule has 0 bridgehead atoms. The Morgan fingerprint density at radius 2 is 1.90 bits per heavy atom. The molecular formula is C24H36N2O4. The fraction of sp³-hybridized carbons (Fsp3) is 0.875. The maximum Gasteiger partial charge on any atom is 0.324 e. The Bertz CT molecular complexity index is 747. The number of esters is 1. The molecule has 0 aromatic heterocycles. The number of Topliss-reactive ketones (excluding diaryl/α,β-unsaturated/α-hetero) is 2. The van der Waals surface area contributed by atoms with E-state index in [1.165, 1.54) is 0 Å². The largest absolute Gasteiger partial charge is 0.461 e. The molecule has 166 valence electrons. The Labute approximate surface area is 179 Å². The van der Waals surface area contributed by atoms with E-state index in [1.54, 1.807) is 0 Å². The normalized spacial score (nSPS) is 48.5. The lowest BCUT2D eigenvalue weighted by molar-refractivity contribution is -0.171. The minimum Gasteiger partial charge on any atom is -0.461 e. The van der Waals surface area contributed by atoms with Crippen LogP contribution in [0.2, 0.25) is 0 Å². The molecule has 0 spiro atoms. The lowest BCUT2D eigenvalue weighted by Crippen LogP contribution is -2.58. The summed E-state index contributed by atoms with van der Waals surface area (Å²) in [5.74, 6) is 1.84. The summed E-state index contributed by atoms with van der Waals surface area (Å²) in [6.07, 6.45) is 6.62. The lowest BCUT2D eigenvalue weighted by atomic mass is 9.45. The third-order valence-corrected chi connectivity index (χ3v) is 9.73. The molecule has 0 aromatic rings. The van der Waals surface area contributed by atoms with Crippen molar-refractivity contribution >= 4 is 17.5 Å². The Morgan fingerprint density at radius 3 is 2.67 bits per heavy atom. The van der Waals surface area contributed by atoms with E-state index in [1.807, 2.05) is 0 Å². The molecule has 0 amide bonds. The monoisotopic (exact) mass is 416 g/mol. The second-order valence-corrected chi connectivity index (χ2v) is 11.1. The van der Waals surface area contributed by atoms with Crippen molar-refractivity contribution in [1.82, 2.24) is 10.6 Å². The summed E-state index contributed by atoms with van der Waals surface area (Å²) in [7, 11) is 0. The Balaban J connectivity index is 1.30. The van der Waals surface area contributed by atoms with E-state index in [9.17, 15) is 14.4 Å². The van der Waals surface area contributed by atoms with Crippen LogP contribution in [0.5, 0.6) is 0 Å². The molecule has 8 atom stereocenters. The zero-order valence-electron chi connectivity index (χ0n) is 18.4. The van der Waals surface area contributed by atoms with Crippen molar-refractivity contribution in [2.24, 2.45) is 34.5 Å². The van der Waals surface area contributed by atoms with Gasteiger partial charge >= 0.3 is 5.97 Å². The SMILES string of the molecule is C[C@]12CC[C@H](OC(=O)C3CNCCN3)CC1C(=O)C[C@@H]1[C@@H]2CC[C@]2(C)C(=O)CC[C@@H]12. The molecule has 6 nitrogen and oxygen atoms in total. The molecule has 2 unspecified atom stereocenters. The van der Waals surface area contributed by atoms with Gasteiger partial charge < -0.3 is 15.4 Å². The summed E-state index contributed by atoms with van der Waals surface area (Å²) in [6, 6.07) is -0.283. The molecule has 4 aliphatic carbocycles. The van der Waals surface area contributed by atoms with Crippen molar-refractivity contribution in [3.05, 3.63) is 0 Å². The van der Waals surface area contributed by atoms with Gasteiger partial charge in [-0.3, -0.25) is 14.4 Å². The summed E-state index contributed by atoms with van der Waals surface area (Å²) in [5, 5.41) is 6.44. The average molecular weight is 417 g/mol. The number of ketones is 2. The maximum absolute atomic E-state index is 13.3. The van der Waals surface area contributed by atoms with Crippen LogP contribution in [-0.4, -0.2) is 49.3 Å². The highest BCUT2D eigenvalue weighted by atomic mass is 16.5. The fourth-order valence-corrected chi connectivity index (χ4v) is 7.95. The quantitative estimate of drug-likeness (QED) is 0.672. The van der Waals surface area contributed by atoms with Crippen molar-refractivity contribution in [3.8, 4) is 0 Å². The van der Waals surface area contributed by atoms with Gasteiger partial charge in [0, 0.05) is 43.8 Å². The summed E-state index contributed by atoms with van der Waals surface area (Å²) in [5.41, 5.74) is -0.209.